The van der Waals surface area contributed by atoms with Crippen molar-refractivity contribution >= 4 is 48.8 Å². The van der Waals surface area contributed by atoms with E-state index in [1.807, 2.05) is 23.5 Å². The molecule has 0 aliphatic carbocycles. The van der Waals surface area contributed by atoms with Crippen molar-refractivity contribution < 1.29 is 0 Å². The Morgan fingerprint density at radius 3 is 2.89 bits per heavy atom. The molecule has 54 valence electrons. The summed E-state index contributed by atoms with van der Waals surface area (Å²) in [6, 6.07) is 0. The van der Waals surface area contributed by atoms with Crippen LogP contribution in [-0.4, -0.2) is 27.1 Å². The van der Waals surface area contributed by atoms with Gasteiger partial charge in [-0.1, -0.05) is 0 Å². The van der Waals surface area contributed by atoms with Gasteiger partial charge in [-0.25, -0.2) is 0 Å². The average molecular weight is 198 g/mol. The van der Waals surface area contributed by atoms with Crippen molar-refractivity contribution in [2.24, 2.45) is 0 Å². The summed E-state index contributed by atoms with van der Waals surface area (Å²) >= 11 is 12.5. The Kier molecular flexibility index (Phi) is 4.07. The van der Waals surface area contributed by atoms with E-state index >= 15 is 0 Å². The highest BCUT2D eigenvalue weighted by Gasteiger charge is 2.22. The minimum Gasteiger partial charge on any atom is -0.178 e. The average Bonchev–Trinajstić information content (AvgIpc) is 2.65. The van der Waals surface area contributed by atoms with Crippen LogP contribution in [0.25, 0.3) is 0 Å². The monoisotopic (exact) mass is 198 g/mol. The van der Waals surface area contributed by atoms with Gasteiger partial charge in [0, 0.05) is 22.5 Å². The molecule has 2 unspecified atom stereocenters. The lowest BCUT2D eigenvalue weighted by Crippen LogP contribution is -2.04. The Morgan fingerprint density at radius 2 is 2.44 bits per heavy atom. The fraction of sp³-hybridized carbons (Fsp3) is 1.00. The maximum atomic E-state index is 4.33. The summed E-state index contributed by atoms with van der Waals surface area (Å²) < 4.78 is 0.888. The quantitative estimate of drug-likeness (QED) is 0.524. The number of thiol groups is 2. The lowest BCUT2D eigenvalue weighted by Gasteiger charge is -2.03. The standard InChI is InChI=1S/C5H10S4/c6-1-4(7)2-8-5-3-9-5/h4-7H,1-3H2. The van der Waals surface area contributed by atoms with Gasteiger partial charge >= 0.3 is 0 Å². The third-order valence-electron chi connectivity index (χ3n) is 0.988. The first-order valence-corrected chi connectivity index (χ1v) is 6.09. The minimum atomic E-state index is 0.486. The van der Waals surface area contributed by atoms with Gasteiger partial charge in [0.15, 0.2) is 0 Å². The number of thioether (sulfide) groups is 2. The van der Waals surface area contributed by atoms with Crippen LogP contribution in [0.2, 0.25) is 0 Å². The fourth-order valence-corrected chi connectivity index (χ4v) is 2.84. The predicted molar refractivity (Wildman–Crippen MR) is 55.3 cm³/mol. The predicted octanol–water partition coefficient (Wildman–Crippen LogP) is 2.02. The van der Waals surface area contributed by atoms with Gasteiger partial charge in [0.25, 0.3) is 0 Å². The molecule has 0 spiro atoms. The summed E-state index contributed by atoms with van der Waals surface area (Å²) in [7, 11) is 0. The summed E-state index contributed by atoms with van der Waals surface area (Å²) in [6.45, 7) is 0. The van der Waals surface area contributed by atoms with E-state index in [4.69, 9.17) is 0 Å². The highest BCUT2D eigenvalue weighted by atomic mass is 32.2. The van der Waals surface area contributed by atoms with Crippen LogP contribution in [0.4, 0.5) is 0 Å². The van der Waals surface area contributed by atoms with Crippen LogP contribution in [0.15, 0.2) is 0 Å². The van der Waals surface area contributed by atoms with E-state index in [1.165, 1.54) is 5.75 Å². The fourth-order valence-electron chi connectivity index (χ4n) is 0.407. The zero-order chi connectivity index (χ0) is 6.69. The summed E-state index contributed by atoms with van der Waals surface area (Å²) in [6.07, 6.45) is 0. The normalized spacial score (nSPS) is 28.0. The largest absolute Gasteiger partial charge is 0.178 e. The molecule has 0 aromatic carbocycles. The zero-order valence-electron chi connectivity index (χ0n) is 4.99. The van der Waals surface area contributed by atoms with Crippen molar-refractivity contribution in [1.29, 1.82) is 0 Å². The van der Waals surface area contributed by atoms with Crippen molar-refractivity contribution in [1.82, 2.24) is 0 Å². The SMILES string of the molecule is SCC(S)CSC1CS1. The molecule has 0 nitrogen and oxygen atoms in total. The molecular weight excluding hydrogens is 188 g/mol. The van der Waals surface area contributed by atoms with Crippen molar-refractivity contribution in [3.8, 4) is 0 Å². The van der Waals surface area contributed by atoms with Crippen LogP contribution in [0.5, 0.6) is 0 Å². The second-order valence-electron chi connectivity index (χ2n) is 1.93. The van der Waals surface area contributed by atoms with Crippen molar-refractivity contribution in [3.63, 3.8) is 0 Å². The zero-order valence-corrected chi connectivity index (χ0v) is 8.41. The van der Waals surface area contributed by atoms with Gasteiger partial charge in [-0.2, -0.15) is 25.3 Å². The van der Waals surface area contributed by atoms with Gasteiger partial charge in [-0.15, -0.1) is 23.5 Å². The van der Waals surface area contributed by atoms with Crippen molar-refractivity contribution in [2.45, 2.75) is 9.83 Å². The van der Waals surface area contributed by atoms with Crippen molar-refractivity contribution in [2.75, 3.05) is 17.3 Å². The van der Waals surface area contributed by atoms with Crippen LogP contribution in [0, 0.1) is 0 Å². The van der Waals surface area contributed by atoms with E-state index < -0.39 is 0 Å². The van der Waals surface area contributed by atoms with Crippen LogP contribution >= 0.6 is 48.8 Å². The van der Waals surface area contributed by atoms with E-state index in [-0.39, 0.29) is 0 Å². The van der Waals surface area contributed by atoms with E-state index in [9.17, 15) is 0 Å². The Hall–Kier alpha value is 1.40. The van der Waals surface area contributed by atoms with Crippen LogP contribution in [-0.2, 0) is 0 Å². The van der Waals surface area contributed by atoms with Crippen LogP contribution in [0.3, 0.4) is 0 Å². The molecule has 1 aliphatic rings. The first kappa shape index (κ1) is 8.50. The van der Waals surface area contributed by atoms with E-state index in [2.05, 4.69) is 25.3 Å². The highest BCUT2D eigenvalue weighted by Crippen LogP contribution is 2.40. The highest BCUT2D eigenvalue weighted by molar-refractivity contribution is 8.23. The van der Waals surface area contributed by atoms with E-state index in [0.717, 1.165) is 16.1 Å². The molecule has 2 atom stereocenters. The Balaban J connectivity index is 1.90. The molecule has 1 saturated heterocycles. The molecule has 1 heterocycles. The molecule has 0 aromatic heterocycles. The van der Waals surface area contributed by atoms with Gasteiger partial charge in [-0.3, -0.25) is 0 Å². The molecule has 0 radical (unpaired) electrons. The maximum Gasteiger partial charge on any atom is 0.0594 e. The molecular formula is C5H10S4. The van der Waals surface area contributed by atoms with Gasteiger partial charge < -0.3 is 0 Å². The number of rotatable bonds is 4. The molecule has 1 rings (SSSR count). The van der Waals surface area contributed by atoms with Gasteiger partial charge in [0.1, 0.15) is 0 Å². The molecule has 0 amide bonds. The first-order valence-electron chi connectivity index (χ1n) is 2.85. The van der Waals surface area contributed by atoms with Gasteiger partial charge in [-0.05, 0) is 0 Å². The smallest absolute Gasteiger partial charge is 0.0594 e. The third kappa shape index (κ3) is 3.96. The molecule has 0 N–H and O–H groups in total. The molecule has 4 heteroatoms. The Labute approximate surface area is 75.7 Å². The molecule has 0 aromatic rings. The molecule has 1 aliphatic heterocycles. The summed E-state index contributed by atoms with van der Waals surface area (Å²) in [5.41, 5.74) is 0. The molecule has 0 saturated carbocycles. The number of hydrogen-bond acceptors (Lipinski definition) is 4. The van der Waals surface area contributed by atoms with E-state index in [0.29, 0.717) is 5.25 Å². The topological polar surface area (TPSA) is 0 Å². The second kappa shape index (κ2) is 4.31. The Bertz CT molecular complexity index is 81.0. The summed E-state index contributed by atoms with van der Waals surface area (Å²) in [5.74, 6) is 3.40. The van der Waals surface area contributed by atoms with E-state index in [1.54, 1.807) is 0 Å². The second-order valence-corrected chi connectivity index (χ2v) is 5.80. The van der Waals surface area contributed by atoms with Crippen LogP contribution in [0.1, 0.15) is 0 Å². The molecule has 0 bridgehead atoms. The third-order valence-corrected chi connectivity index (χ3v) is 5.13. The lowest BCUT2D eigenvalue weighted by atomic mass is 10.6. The van der Waals surface area contributed by atoms with Crippen molar-refractivity contribution in [3.05, 3.63) is 0 Å². The molecule has 9 heavy (non-hydrogen) atoms. The summed E-state index contributed by atoms with van der Waals surface area (Å²) in [4.78, 5) is 0. The first-order chi connectivity index (χ1) is 4.33. The lowest BCUT2D eigenvalue weighted by molar-refractivity contribution is 1.16. The van der Waals surface area contributed by atoms with Gasteiger partial charge in [0.05, 0.1) is 4.58 Å². The Morgan fingerprint density at radius 1 is 1.78 bits per heavy atom. The minimum absolute atomic E-state index is 0.486. The summed E-state index contributed by atoms with van der Waals surface area (Å²) in [5, 5.41) is 0.486. The van der Waals surface area contributed by atoms with Gasteiger partial charge in [0.2, 0.25) is 0 Å². The van der Waals surface area contributed by atoms with Crippen LogP contribution < -0.4 is 0 Å². The maximum absolute atomic E-state index is 4.33. The molecule has 1 fully saturated rings. The number of hydrogen-bond donors (Lipinski definition) is 2.